The summed E-state index contributed by atoms with van der Waals surface area (Å²) in [6.45, 7) is 4.50. The van der Waals surface area contributed by atoms with Crippen LogP contribution in [0.15, 0.2) is 51.0 Å². The molecule has 0 unspecified atom stereocenters. The number of allylic oxidation sites excluding steroid dienone is 2. The quantitative estimate of drug-likeness (QED) is 0.227. The molecular formula is C22H33ClS2. The van der Waals surface area contributed by atoms with Crippen molar-refractivity contribution >= 4 is 35.1 Å². The van der Waals surface area contributed by atoms with Crippen molar-refractivity contribution in [3.63, 3.8) is 0 Å². The van der Waals surface area contributed by atoms with Gasteiger partial charge in [0.1, 0.15) is 0 Å². The Kier molecular flexibility index (Phi) is 14.5. The zero-order valence-electron chi connectivity index (χ0n) is 15.8. The second-order valence-corrected chi connectivity index (χ2v) is 8.60. The fraction of sp³-hybridized carbons (Fsp3) is 0.545. The van der Waals surface area contributed by atoms with Crippen LogP contribution in [-0.2, 0) is 0 Å². The predicted octanol–water partition coefficient (Wildman–Crippen LogP) is 9.49. The lowest BCUT2D eigenvalue weighted by atomic mass is 10.2. The molecule has 0 atom stereocenters. The molecule has 0 heterocycles. The van der Waals surface area contributed by atoms with E-state index in [1.807, 2.05) is 6.07 Å². The monoisotopic (exact) mass is 396 g/mol. The van der Waals surface area contributed by atoms with E-state index in [0.717, 1.165) is 9.92 Å². The van der Waals surface area contributed by atoms with Gasteiger partial charge in [0, 0.05) is 9.79 Å². The van der Waals surface area contributed by atoms with E-state index in [9.17, 15) is 0 Å². The lowest BCUT2D eigenvalue weighted by molar-refractivity contribution is 0.675. The minimum absolute atomic E-state index is 0.841. The number of hydrogen-bond donors (Lipinski definition) is 0. The third-order valence-corrected chi connectivity index (χ3v) is 6.16. The molecule has 3 heteroatoms. The van der Waals surface area contributed by atoms with Crippen molar-refractivity contribution in [2.24, 2.45) is 0 Å². The zero-order valence-corrected chi connectivity index (χ0v) is 18.2. The highest BCUT2D eigenvalue weighted by Gasteiger charge is 2.01. The normalized spacial score (nSPS) is 11.8. The van der Waals surface area contributed by atoms with E-state index in [1.165, 1.54) is 69.1 Å². The summed E-state index contributed by atoms with van der Waals surface area (Å²) >= 11 is 9.84. The van der Waals surface area contributed by atoms with E-state index in [2.05, 4.69) is 48.9 Å². The van der Waals surface area contributed by atoms with Gasteiger partial charge in [-0.1, -0.05) is 99.6 Å². The van der Waals surface area contributed by atoms with Gasteiger partial charge >= 0.3 is 0 Å². The molecule has 0 bridgehead atoms. The molecule has 0 amide bonds. The van der Waals surface area contributed by atoms with Gasteiger partial charge in [0.05, 0.1) is 5.02 Å². The van der Waals surface area contributed by atoms with Crippen molar-refractivity contribution in [3.05, 3.63) is 46.2 Å². The number of halogens is 1. The summed E-state index contributed by atoms with van der Waals surface area (Å²) in [5, 5.41) is 5.24. The highest BCUT2D eigenvalue weighted by molar-refractivity contribution is 8.03. The van der Waals surface area contributed by atoms with Crippen LogP contribution in [0.1, 0.15) is 78.1 Å². The third-order valence-electron chi connectivity index (χ3n) is 3.94. The molecule has 0 nitrogen and oxygen atoms in total. The van der Waals surface area contributed by atoms with Gasteiger partial charge in [-0.25, -0.2) is 0 Å². The largest absolute Gasteiger partial charge is 0.0984 e. The van der Waals surface area contributed by atoms with Crippen molar-refractivity contribution < 1.29 is 0 Å². The Morgan fingerprint density at radius 2 is 1.40 bits per heavy atom. The van der Waals surface area contributed by atoms with Crippen LogP contribution < -0.4 is 0 Å². The Hall–Kier alpha value is -0.310. The second kappa shape index (κ2) is 15.9. The van der Waals surface area contributed by atoms with Gasteiger partial charge in [-0.3, -0.25) is 0 Å². The van der Waals surface area contributed by atoms with Crippen molar-refractivity contribution in [2.75, 3.05) is 0 Å². The van der Waals surface area contributed by atoms with Gasteiger partial charge in [0.25, 0.3) is 0 Å². The van der Waals surface area contributed by atoms with E-state index >= 15 is 0 Å². The second-order valence-electron chi connectivity index (χ2n) is 6.27. The van der Waals surface area contributed by atoms with E-state index in [-0.39, 0.29) is 0 Å². The van der Waals surface area contributed by atoms with Crippen LogP contribution in [0.2, 0.25) is 5.02 Å². The average molecular weight is 397 g/mol. The van der Waals surface area contributed by atoms with Crippen LogP contribution in [0.4, 0.5) is 0 Å². The summed E-state index contributed by atoms with van der Waals surface area (Å²) in [4.78, 5) is 2.40. The van der Waals surface area contributed by atoms with Gasteiger partial charge in [-0.15, -0.1) is 0 Å². The van der Waals surface area contributed by atoms with Crippen molar-refractivity contribution in [1.82, 2.24) is 0 Å². The minimum atomic E-state index is 0.841. The van der Waals surface area contributed by atoms with Crippen LogP contribution in [0.5, 0.6) is 0 Å². The molecular weight excluding hydrogens is 364 g/mol. The molecule has 0 saturated heterocycles. The molecule has 0 aliphatic heterocycles. The Morgan fingerprint density at radius 1 is 0.800 bits per heavy atom. The maximum Gasteiger partial charge on any atom is 0.0546 e. The molecule has 0 fully saturated rings. The fourth-order valence-corrected chi connectivity index (χ4v) is 4.21. The Balaban J connectivity index is 2.34. The lowest BCUT2D eigenvalue weighted by Crippen LogP contribution is -1.76. The molecule has 1 aromatic carbocycles. The van der Waals surface area contributed by atoms with Crippen molar-refractivity contribution in [1.29, 1.82) is 0 Å². The molecule has 1 aromatic rings. The third kappa shape index (κ3) is 11.8. The predicted molar refractivity (Wildman–Crippen MR) is 119 cm³/mol. The zero-order chi connectivity index (χ0) is 18.2. The van der Waals surface area contributed by atoms with Crippen LogP contribution in [0.25, 0.3) is 0 Å². The number of thioether (sulfide) groups is 2. The lowest BCUT2D eigenvalue weighted by Gasteiger charge is -2.03. The van der Waals surface area contributed by atoms with E-state index in [4.69, 9.17) is 11.6 Å². The molecule has 0 aliphatic rings. The molecule has 0 radical (unpaired) electrons. The summed E-state index contributed by atoms with van der Waals surface area (Å²) < 4.78 is 0. The van der Waals surface area contributed by atoms with Crippen molar-refractivity contribution in [3.8, 4) is 0 Å². The van der Waals surface area contributed by atoms with Gasteiger partial charge in [-0.05, 0) is 54.7 Å². The first kappa shape index (κ1) is 22.7. The first-order chi connectivity index (χ1) is 12.3. The average Bonchev–Trinajstić information content (AvgIpc) is 2.62. The van der Waals surface area contributed by atoms with E-state index in [1.54, 1.807) is 23.5 Å². The van der Waals surface area contributed by atoms with Crippen LogP contribution >= 0.6 is 35.1 Å². The molecule has 0 spiro atoms. The molecule has 140 valence electrons. The number of benzene rings is 1. The van der Waals surface area contributed by atoms with Crippen LogP contribution in [0.3, 0.4) is 0 Å². The Labute approximate surface area is 168 Å². The van der Waals surface area contributed by atoms with E-state index in [0.29, 0.717) is 0 Å². The SMILES string of the molecule is CCCCCC/C=C/Sc1ccc(Cl)c(S/C=C/CCCCCC)c1. The smallest absolute Gasteiger partial charge is 0.0546 e. The Morgan fingerprint density at radius 3 is 2.00 bits per heavy atom. The molecule has 0 aromatic heterocycles. The number of rotatable bonds is 14. The molecule has 0 aliphatic carbocycles. The topological polar surface area (TPSA) is 0 Å². The molecule has 1 rings (SSSR count). The summed E-state index contributed by atoms with van der Waals surface area (Å²) in [7, 11) is 0. The first-order valence-electron chi connectivity index (χ1n) is 9.70. The van der Waals surface area contributed by atoms with Gasteiger partial charge < -0.3 is 0 Å². The highest BCUT2D eigenvalue weighted by Crippen LogP contribution is 2.32. The maximum atomic E-state index is 6.33. The number of unbranched alkanes of at least 4 members (excludes halogenated alkanes) is 8. The summed E-state index contributed by atoms with van der Waals surface area (Å²) in [6, 6.07) is 6.31. The molecule has 25 heavy (non-hydrogen) atoms. The van der Waals surface area contributed by atoms with Gasteiger partial charge in [-0.2, -0.15) is 0 Å². The summed E-state index contributed by atoms with van der Waals surface area (Å²) in [5.74, 6) is 0. The first-order valence-corrected chi connectivity index (χ1v) is 11.8. The summed E-state index contributed by atoms with van der Waals surface area (Å²) in [6.07, 6.45) is 17.5. The number of hydrogen-bond acceptors (Lipinski definition) is 2. The summed E-state index contributed by atoms with van der Waals surface area (Å²) in [5.41, 5.74) is 0. The van der Waals surface area contributed by atoms with E-state index < -0.39 is 0 Å². The fourth-order valence-electron chi connectivity index (χ4n) is 2.41. The Bertz CT molecular complexity index is 509. The van der Waals surface area contributed by atoms with Gasteiger partial charge in [0.15, 0.2) is 0 Å². The van der Waals surface area contributed by atoms with Gasteiger partial charge in [0.2, 0.25) is 0 Å². The highest BCUT2D eigenvalue weighted by atomic mass is 35.5. The van der Waals surface area contributed by atoms with Crippen LogP contribution in [-0.4, -0.2) is 0 Å². The standard InChI is InChI=1S/C22H33ClS2/c1-3-5-7-9-11-13-17-24-20-15-16-21(23)22(19-20)25-18-14-12-10-8-6-4-2/h13-19H,3-12H2,1-2H3/b17-13+,18-14+. The molecule has 0 N–H and O–H groups in total. The minimum Gasteiger partial charge on any atom is -0.0984 e. The van der Waals surface area contributed by atoms with Crippen molar-refractivity contribution in [2.45, 2.75) is 87.8 Å². The van der Waals surface area contributed by atoms with Crippen LogP contribution in [0, 0.1) is 0 Å². The molecule has 0 saturated carbocycles. The maximum absolute atomic E-state index is 6.33.